The number of aryl methyl sites for hydroxylation is 1. The first-order chi connectivity index (χ1) is 10.3. The van der Waals surface area contributed by atoms with E-state index in [2.05, 4.69) is 10.9 Å². The number of hydrogen-bond acceptors (Lipinski definition) is 5. The van der Waals surface area contributed by atoms with E-state index >= 15 is 0 Å². The second-order valence-corrected chi connectivity index (χ2v) is 6.61. The van der Waals surface area contributed by atoms with E-state index in [-0.39, 0.29) is 10.5 Å². The van der Waals surface area contributed by atoms with Crippen LogP contribution in [0.1, 0.15) is 26.5 Å². The highest BCUT2D eigenvalue weighted by atomic mass is 32.2. The normalized spacial score (nSPS) is 11.0. The van der Waals surface area contributed by atoms with Gasteiger partial charge in [-0.1, -0.05) is 0 Å². The smallest absolute Gasteiger partial charge is 0.273 e. The SMILES string of the molecule is Cc1occc1C(=O)NNC(=O)c1ccc(S(C)(=O)=O)cc1. The fraction of sp³-hybridized carbons (Fsp3) is 0.143. The molecule has 0 saturated carbocycles. The molecule has 0 fully saturated rings. The number of hydrazine groups is 1. The van der Waals surface area contributed by atoms with Crippen molar-refractivity contribution >= 4 is 21.7 Å². The maximum atomic E-state index is 11.9. The lowest BCUT2D eigenvalue weighted by Crippen LogP contribution is -2.41. The Hall–Kier alpha value is -2.61. The van der Waals surface area contributed by atoms with Gasteiger partial charge >= 0.3 is 0 Å². The van der Waals surface area contributed by atoms with E-state index in [4.69, 9.17) is 4.42 Å². The number of nitrogens with one attached hydrogen (secondary N) is 2. The van der Waals surface area contributed by atoms with Crippen molar-refractivity contribution in [3.05, 3.63) is 53.5 Å². The second kappa shape index (κ2) is 6.02. The fourth-order valence-electron chi connectivity index (χ4n) is 1.73. The maximum absolute atomic E-state index is 11.9. The molecule has 0 radical (unpaired) electrons. The van der Waals surface area contributed by atoms with Gasteiger partial charge in [0.25, 0.3) is 11.8 Å². The molecule has 2 rings (SSSR count). The number of furan rings is 1. The summed E-state index contributed by atoms with van der Waals surface area (Å²) in [7, 11) is -3.32. The monoisotopic (exact) mass is 322 g/mol. The topological polar surface area (TPSA) is 105 Å². The van der Waals surface area contributed by atoms with E-state index in [1.165, 1.54) is 36.6 Å². The lowest BCUT2D eigenvalue weighted by atomic mass is 10.2. The van der Waals surface area contributed by atoms with Crippen molar-refractivity contribution in [2.24, 2.45) is 0 Å². The summed E-state index contributed by atoms with van der Waals surface area (Å²) < 4.78 is 27.6. The van der Waals surface area contributed by atoms with Gasteiger partial charge in [0.1, 0.15) is 5.76 Å². The molecule has 0 bridgehead atoms. The lowest BCUT2D eigenvalue weighted by Gasteiger charge is -2.07. The van der Waals surface area contributed by atoms with Crippen LogP contribution in [0.3, 0.4) is 0 Å². The number of rotatable bonds is 3. The van der Waals surface area contributed by atoms with Crippen LogP contribution >= 0.6 is 0 Å². The summed E-state index contributed by atoms with van der Waals surface area (Å²) in [4.78, 5) is 23.8. The number of sulfone groups is 1. The van der Waals surface area contributed by atoms with Crippen molar-refractivity contribution in [2.45, 2.75) is 11.8 Å². The predicted molar refractivity (Wildman–Crippen MR) is 77.9 cm³/mol. The molecule has 0 spiro atoms. The van der Waals surface area contributed by atoms with Gasteiger partial charge in [-0.2, -0.15) is 0 Å². The fourth-order valence-corrected chi connectivity index (χ4v) is 2.36. The molecule has 1 aromatic heterocycles. The van der Waals surface area contributed by atoms with Gasteiger partial charge in [0.15, 0.2) is 9.84 Å². The largest absolute Gasteiger partial charge is 0.469 e. The molecular formula is C14H14N2O5S. The summed E-state index contributed by atoms with van der Waals surface area (Å²) in [6.45, 7) is 1.63. The number of amides is 2. The third-order valence-electron chi connectivity index (χ3n) is 2.94. The molecule has 7 nitrogen and oxygen atoms in total. The van der Waals surface area contributed by atoms with Gasteiger partial charge in [0.2, 0.25) is 0 Å². The predicted octanol–water partition coefficient (Wildman–Crippen LogP) is 1.07. The zero-order chi connectivity index (χ0) is 16.3. The zero-order valence-corrected chi connectivity index (χ0v) is 12.7. The molecule has 1 heterocycles. The molecule has 2 aromatic rings. The average Bonchev–Trinajstić information content (AvgIpc) is 2.90. The minimum Gasteiger partial charge on any atom is -0.469 e. The van der Waals surface area contributed by atoms with Gasteiger partial charge in [-0.25, -0.2) is 8.42 Å². The molecule has 0 atom stereocenters. The van der Waals surface area contributed by atoms with E-state index in [1.807, 2.05) is 0 Å². The number of benzene rings is 1. The molecule has 0 aliphatic rings. The average molecular weight is 322 g/mol. The summed E-state index contributed by atoms with van der Waals surface area (Å²) in [6, 6.07) is 6.86. The van der Waals surface area contributed by atoms with Gasteiger partial charge in [0.05, 0.1) is 16.7 Å². The first kappa shape index (κ1) is 15.8. The molecule has 0 unspecified atom stereocenters. The van der Waals surface area contributed by atoms with Crippen LogP contribution in [0.4, 0.5) is 0 Å². The minimum absolute atomic E-state index is 0.113. The Morgan fingerprint density at radius 1 is 1.00 bits per heavy atom. The molecule has 2 N–H and O–H groups in total. The first-order valence-electron chi connectivity index (χ1n) is 6.24. The number of carbonyl (C=O) groups excluding carboxylic acids is 2. The van der Waals surface area contributed by atoms with Crippen LogP contribution in [-0.4, -0.2) is 26.5 Å². The van der Waals surface area contributed by atoms with E-state index in [0.717, 1.165) is 6.26 Å². The molecule has 8 heteroatoms. The first-order valence-corrected chi connectivity index (χ1v) is 8.13. The highest BCUT2D eigenvalue weighted by Gasteiger charge is 2.13. The molecule has 0 aliphatic carbocycles. The molecule has 0 saturated heterocycles. The van der Waals surface area contributed by atoms with Gasteiger partial charge in [-0.3, -0.25) is 20.4 Å². The molecule has 22 heavy (non-hydrogen) atoms. The Balaban J connectivity index is 2.01. The summed E-state index contributed by atoms with van der Waals surface area (Å²) in [6.07, 6.45) is 2.45. The van der Waals surface area contributed by atoms with E-state index < -0.39 is 21.7 Å². The molecule has 116 valence electrons. The van der Waals surface area contributed by atoms with Gasteiger partial charge in [-0.15, -0.1) is 0 Å². The highest BCUT2D eigenvalue weighted by molar-refractivity contribution is 7.90. The Labute approximate surface area is 127 Å². The van der Waals surface area contributed by atoms with E-state index in [0.29, 0.717) is 11.3 Å². The molecule has 1 aromatic carbocycles. The number of carbonyl (C=O) groups is 2. The summed E-state index contributed by atoms with van der Waals surface area (Å²) in [5.41, 5.74) is 5.03. The van der Waals surface area contributed by atoms with Crippen LogP contribution in [0.25, 0.3) is 0 Å². The second-order valence-electron chi connectivity index (χ2n) is 4.60. The lowest BCUT2D eigenvalue weighted by molar-refractivity contribution is 0.0845. The van der Waals surface area contributed by atoms with Crippen molar-refractivity contribution in [2.75, 3.05) is 6.26 Å². The van der Waals surface area contributed by atoms with Crippen molar-refractivity contribution < 1.29 is 22.4 Å². The summed E-state index contributed by atoms with van der Waals surface area (Å²) in [5, 5.41) is 0. The van der Waals surface area contributed by atoms with E-state index in [9.17, 15) is 18.0 Å². The Morgan fingerprint density at radius 3 is 2.09 bits per heavy atom. The highest BCUT2D eigenvalue weighted by Crippen LogP contribution is 2.10. The van der Waals surface area contributed by atoms with Crippen LogP contribution < -0.4 is 10.9 Å². The van der Waals surface area contributed by atoms with Gasteiger partial charge < -0.3 is 4.42 Å². The molecular weight excluding hydrogens is 308 g/mol. The van der Waals surface area contributed by atoms with Crippen molar-refractivity contribution in [1.29, 1.82) is 0 Å². The quantitative estimate of drug-likeness (QED) is 0.822. The van der Waals surface area contributed by atoms with Crippen molar-refractivity contribution in [3.8, 4) is 0 Å². The maximum Gasteiger partial charge on any atom is 0.273 e. The summed E-state index contributed by atoms with van der Waals surface area (Å²) >= 11 is 0. The Morgan fingerprint density at radius 2 is 1.59 bits per heavy atom. The molecule has 2 amide bonds. The van der Waals surface area contributed by atoms with Crippen LogP contribution in [-0.2, 0) is 9.84 Å². The van der Waals surface area contributed by atoms with Crippen molar-refractivity contribution in [1.82, 2.24) is 10.9 Å². The Bertz CT molecular complexity index is 806. The molecule has 0 aliphatic heterocycles. The van der Waals surface area contributed by atoms with Crippen LogP contribution in [0, 0.1) is 6.92 Å². The summed E-state index contributed by atoms with van der Waals surface area (Å²) in [5.74, 6) is -0.633. The zero-order valence-electron chi connectivity index (χ0n) is 11.9. The van der Waals surface area contributed by atoms with Crippen LogP contribution in [0.2, 0.25) is 0 Å². The Kier molecular flexibility index (Phi) is 4.32. The van der Waals surface area contributed by atoms with E-state index in [1.54, 1.807) is 6.92 Å². The standard InChI is InChI=1S/C14H14N2O5S/c1-9-12(7-8-21-9)14(18)16-15-13(17)10-3-5-11(6-4-10)22(2,19)20/h3-8H,1-2H3,(H,15,17)(H,16,18). The van der Waals surface area contributed by atoms with Gasteiger partial charge in [-0.05, 0) is 37.3 Å². The van der Waals surface area contributed by atoms with Crippen LogP contribution in [0.15, 0.2) is 45.9 Å². The third kappa shape index (κ3) is 3.53. The third-order valence-corrected chi connectivity index (χ3v) is 4.07. The number of hydrogen-bond donors (Lipinski definition) is 2. The van der Waals surface area contributed by atoms with Gasteiger partial charge in [0, 0.05) is 11.8 Å². The van der Waals surface area contributed by atoms with Crippen molar-refractivity contribution in [3.63, 3.8) is 0 Å². The van der Waals surface area contributed by atoms with Crippen LogP contribution in [0.5, 0.6) is 0 Å². The minimum atomic E-state index is -3.32.